The summed E-state index contributed by atoms with van der Waals surface area (Å²) in [6.45, 7) is 1.94. The Bertz CT molecular complexity index is 1120. The van der Waals surface area contributed by atoms with Crippen LogP contribution in [-0.4, -0.2) is 21.7 Å². The molecule has 0 bridgehead atoms. The standard InChI is InChI=1S/C20H17ClN4O/c1-12-18(13-6-5-7-14(21)10-13)19(22)25-20(24-12)16(11-23-25)15-8-3-4-9-17(15)26-2/h3-11H,22H2,1-2H3. The van der Waals surface area contributed by atoms with Crippen LogP contribution in [0.3, 0.4) is 0 Å². The van der Waals surface area contributed by atoms with Crippen molar-refractivity contribution in [3.05, 3.63) is 65.4 Å². The Kier molecular flexibility index (Phi) is 4.01. The molecule has 4 aromatic rings. The molecule has 6 heteroatoms. The molecule has 4 rings (SSSR count). The van der Waals surface area contributed by atoms with Gasteiger partial charge in [-0.1, -0.05) is 41.9 Å². The monoisotopic (exact) mass is 364 g/mol. The van der Waals surface area contributed by atoms with Crippen molar-refractivity contribution in [2.75, 3.05) is 12.8 Å². The fourth-order valence-electron chi connectivity index (χ4n) is 3.19. The van der Waals surface area contributed by atoms with Crippen LogP contribution >= 0.6 is 11.6 Å². The zero-order valence-electron chi connectivity index (χ0n) is 14.4. The average Bonchev–Trinajstić information content (AvgIpc) is 3.05. The minimum absolute atomic E-state index is 0.524. The number of aromatic nitrogens is 3. The number of fused-ring (bicyclic) bond motifs is 1. The highest BCUT2D eigenvalue weighted by Gasteiger charge is 2.18. The second kappa shape index (κ2) is 6.35. The molecule has 0 fully saturated rings. The van der Waals surface area contributed by atoms with Crippen LogP contribution in [0, 0.1) is 6.92 Å². The van der Waals surface area contributed by atoms with E-state index in [1.54, 1.807) is 17.8 Å². The normalized spacial score (nSPS) is 11.0. The summed E-state index contributed by atoms with van der Waals surface area (Å²) >= 11 is 6.14. The number of anilines is 1. The third-order valence-corrected chi connectivity index (χ3v) is 4.61. The van der Waals surface area contributed by atoms with Crippen molar-refractivity contribution in [2.24, 2.45) is 0 Å². The molecular weight excluding hydrogens is 348 g/mol. The van der Waals surface area contributed by atoms with Gasteiger partial charge in [-0.2, -0.15) is 9.61 Å². The first-order valence-corrected chi connectivity index (χ1v) is 8.51. The number of nitrogens with two attached hydrogens (primary N) is 1. The molecule has 0 unspecified atom stereocenters. The van der Waals surface area contributed by atoms with Crippen molar-refractivity contribution >= 4 is 23.1 Å². The lowest BCUT2D eigenvalue weighted by Gasteiger charge is -2.12. The molecule has 0 saturated heterocycles. The smallest absolute Gasteiger partial charge is 0.165 e. The summed E-state index contributed by atoms with van der Waals surface area (Å²) in [5.41, 5.74) is 11.5. The van der Waals surface area contributed by atoms with E-state index in [2.05, 4.69) is 5.10 Å². The van der Waals surface area contributed by atoms with Crippen LogP contribution < -0.4 is 10.5 Å². The molecule has 0 atom stereocenters. The molecule has 0 saturated carbocycles. The van der Waals surface area contributed by atoms with Crippen LogP contribution in [0.2, 0.25) is 5.02 Å². The first kappa shape index (κ1) is 16.4. The fraction of sp³-hybridized carbons (Fsp3) is 0.100. The van der Waals surface area contributed by atoms with E-state index in [1.165, 1.54) is 0 Å². The van der Waals surface area contributed by atoms with Gasteiger partial charge in [-0.05, 0) is 30.7 Å². The number of benzene rings is 2. The number of para-hydroxylation sites is 1. The number of nitrogen functional groups attached to an aromatic ring is 1. The lowest BCUT2D eigenvalue weighted by atomic mass is 10.0. The Morgan fingerprint density at radius 2 is 1.88 bits per heavy atom. The van der Waals surface area contributed by atoms with Crippen LogP contribution in [-0.2, 0) is 0 Å². The molecule has 0 aliphatic heterocycles. The van der Waals surface area contributed by atoms with Crippen molar-refractivity contribution in [1.82, 2.24) is 14.6 Å². The maximum atomic E-state index is 6.45. The maximum Gasteiger partial charge on any atom is 0.165 e. The lowest BCUT2D eigenvalue weighted by Crippen LogP contribution is -2.05. The van der Waals surface area contributed by atoms with E-state index in [0.717, 1.165) is 33.7 Å². The van der Waals surface area contributed by atoms with Crippen LogP contribution in [0.1, 0.15) is 5.69 Å². The minimum Gasteiger partial charge on any atom is -0.496 e. The van der Waals surface area contributed by atoms with Gasteiger partial charge in [0, 0.05) is 16.1 Å². The van der Waals surface area contributed by atoms with Gasteiger partial charge in [0.1, 0.15) is 11.6 Å². The Hall–Kier alpha value is -3.05. The van der Waals surface area contributed by atoms with E-state index >= 15 is 0 Å². The molecule has 0 amide bonds. The van der Waals surface area contributed by atoms with Gasteiger partial charge in [0.25, 0.3) is 0 Å². The predicted molar refractivity (Wildman–Crippen MR) is 105 cm³/mol. The fourth-order valence-corrected chi connectivity index (χ4v) is 3.38. The molecule has 0 aliphatic carbocycles. The summed E-state index contributed by atoms with van der Waals surface area (Å²) in [6.07, 6.45) is 1.76. The summed E-state index contributed by atoms with van der Waals surface area (Å²) in [7, 11) is 1.65. The molecule has 0 spiro atoms. The molecule has 2 heterocycles. The van der Waals surface area contributed by atoms with Gasteiger partial charge in [0.2, 0.25) is 0 Å². The Balaban J connectivity index is 1.97. The lowest BCUT2D eigenvalue weighted by molar-refractivity contribution is 0.416. The predicted octanol–water partition coefficient (Wildman–Crippen LogP) is 4.62. The largest absolute Gasteiger partial charge is 0.496 e. The number of hydrogen-bond donors (Lipinski definition) is 1. The van der Waals surface area contributed by atoms with Gasteiger partial charge in [0.15, 0.2) is 5.65 Å². The van der Waals surface area contributed by atoms with Gasteiger partial charge in [-0.25, -0.2) is 4.98 Å². The number of halogens is 1. The second-order valence-corrected chi connectivity index (χ2v) is 6.40. The highest BCUT2D eigenvalue weighted by Crippen LogP contribution is 2.36. The second-order valence-electron chi connectivity index (χ2n) is 5.96. The zero-order chi connectivity index (χ0) is 18.3. The molecule has 130 valence electrons. The average molecular weight is 365 g/mol. The van der Waals surface area contributed by atoms with Gasteiger partial charge in [0.05, 0.1) is 24.6 Å². The van der Waals surface area contributed by atoms with Crippen LogP contribution in [0.5, 0.6) is 5.75 Å². The van der Waals surface area contributed by atoms with Crippen molar-refractivity contribution in [2.45, 2.75) is 6.92 Å². The Labute approximate surface area is 156 Å². The molecule has 0 radical (unpaired) electrons. The van der Waals surface area contributed by atoms with E-state index in [-0.39, 0.29) is 0 Å². The van der Waals surface area contributed by atoms with E-state index in [0.29, 0.717) is 16.5 Å². The number of nitrogens with zero attached hydrogens (tertiary/aromatic N) is 3. The zero-order valence-corrected chi connectivity index (χ0v) is 15.2. The van der Waals surface area contributed by atoms with E-state index < -0.39 is 0 Å². The molecule has 26 heavy (non-hydrogen) atoms. The molecule has 2 aromatic carbocycles. The number of aryl methyl sites for hydroxylation is 1. The van der Waals surface area contributed by atoms with E-state index in [1.807, 2.05) is 55.5 Å². The molecule has 0 aliphatic rings. The summed E-state index contributed by atoms with van der Waals surface area (Å²) in [5, 5.41) is 5.11. The van der Waals surface area contributed by atoms with Crippen LogP contribution in [0.4, 0.5) is 5.82 Å². The summed E-state index contributed by atoms with van der Waals surface area (Å²) in [4.78, 5) is 4.78. The third kappa shape index (κ3) is 2.57. The third-order valence-electron chi connectivity index (χ3n) is 4.37. The molecule has 2 N–H and O–H groups in total. The molecular formula is C20H17ClN4O. The first-order chi connectivity index (χ1) is 12.6. The number of rotatable bonds is 3. The van der Waals surface area contributed by atoms with E-state index in [9.17, 15) is 0 Å². The van der Waals surface area contributed by atoms with E-state index in [4.69, 9.17) is 27.1 Å². The van der Waals surface area contributed by atoms with Crippen molar-refractivity contribution in [3.8, 4) is 28.0 Å². The molecule has 2 aromatic heterocycles. The number of hydrogen-bond acceptors (Lipinski definition) is 4. The topological polar surface area (TPSA) is 65.4 Å². The minimum atomic E-state index is 0.524. The maximum absolute atomic E-state index is 6.45. The van der Waals surface area contributed by atoms with Crippen molar-refractivity contribution in [3.63, 3.8) is 0 Å². The van der Waals surface area contributed by atoms with Gasteiger partial charge >= 0.3 is 0 Å². The van der Waals surface area contributed by atoms with Gasteiger partial charge < -0.3 is 10.5 Å². The highest BCUT2D eigenvalue weighted by atomic mass is 35.5. The van der Waals surface area contributed by atoms with Gasteiger partial charge in [-0.3, -0.25) is 0 Å². The summed E-state index contributed by atoms with van der Waals surface area (Å²) < 4.78 is 7.13. The van der Waals surface area contributed by atoms with Gasteiger partial charge in [-0.15, -0.1) is 0 Å². The SMILES string of the molecule is COc1ccccc1-c1cnn2c(N)c(-c3cccc(Cl)c3)c(C)nc12. The van der Waals surface area contributed by atoms with Crippen LogP contribution in [0.25, 0.3) is 27.9 Å². The number of methoxy groups -OCH3 is 1. The van der Waals surface area contributed by atoms with Crippen LogP contribution in [0.15, 0.2) is 54.7 Å². The quantitative estimate of drug-likeness (QED) is 0.576. The van der Waals surface area contributed by atoms with Crippen molar-refractivity contribution in [1.29, 1.82) is 0 Å². The van der Waals surface area contributed by atoms with Crippen molar-refractivity contribution < 1.29 is 4.74 Å². The first-order valence-electron chi connectivity index (χ1n) is 8.13. The number of ether oxygens (including phenoxy) is 1. The highest BCUT2D eigenvalue weighted by molar-refractivity contribution is 6.30. The Morgan fingerprint density at radius 3 is 2.65 bits per heavy atom. The summed E-state index contributed by atoms with van der Waals surface area (Å²) in [6, 6.07) is 15.3. The molecule has 5 nitrogen and oxygen atoms in total. The summed E-state index contributed by atoms with van der Waals surface area (Å²) in [5.74, 6) is 1.29. The Morgan fingerprint density at radius 1 is 1.08 bits per heavy atom.